The highest BCUT2D eigenvalue weighted by Crippen LogP contribution is 2.28. The van der Waals surface area contributed by atoms with Crippen LogP contribution in [0.5, 0.6) is 0 Å². The van der Waals surface area contributed by atoms with Crippen molar-refractivity contribution in [1.82, 2.24) is 10.1 Å². The quantitative estimate of drug-likeness (QED) is 0.916. The van der Waals surface area contributed by atoms with Gasteiger partial charge in [-0.05, 0) is 43.5 Å². The van der Waals surface area contributed by atoms with E-state index in [4.69, 9.17) is 10.3 Å². The van der Waals surface area contributed by atoms with Crippen molar-refractivity contribution in [2.45, 2.75) is 46.1 Å². The van der Waals surface area contributed by atoms with Crippen molar-refractivity contribution in [2.75, 3.05) is 0 Å². The zero-order chi connectivity index (χ0) is 14.9. The molecule has 0 radical (unpaired) electrons. The van der Waals surface area contributed by atoms with Crippen LogP contribution in [0.15, 0.2) is 21.1 Å². The first-order chi connectivity index (χ1) is 9.43. The fourth-order valence-corrected chi connectivity index (χ4v) is 2.38. The van der Waals surface area contributed by atoms with Crippen molar-refractivity contribution in [3.05, 3.63) is 33.6 Å². The number of aromatic nitrogens is 2. The van der Waals surface area contributed by atoms with Crippen LogP contribution in [0.1, 0.15) is 43.2 Å². The minimum absolute atomic E-state index is 0.0386. The van der Waals surface area contributed by atoms with Crippen molar-refractivity contribution in [1.29, 1.82) is 0 Å². The molecule has 2 unspecified atom stereocenters. The van der Waals surface area contributed by atoms with Crippen LogP contribution in [-0.2, 0) is 0 Å². The number of nitrogens with two attached hydrogens (primary N) is 1. The van der Waals surface area contributed by atoms with Gasteiger partial charge >= 0.3 is 0 Å². The second-order valence-electron chi connectivity index (χ2n) is 5.24. The van der Waals surface area contributed by atoms with Gasteiger partial charge in [-0.1, -0.05) is 34.9 Å². The van der Waals surface area contributed by atoms with Crippen LogP contribution in [-0.4, -0.2) is 16.2 Å². The third-order valence-corrected chi connectivity index (χ3v) is 4.89. The first kappa shape index (κ1) is 15.2. The van der Waals surface area contributed by atoms with E-state index in [1.807, 2.05) is 6.92 Å². The molecule has 0 aliphatic heterocycles. The van der Waals surface area contributed by atoms with E-state index in [0.29, 0.717) is 11.7 Å². The number of halogens is 1. The Morgan fingerprint density at radius 1 is 1.30 bits per heavy atom. The summed E-state index contributed by atoms with van der Waals surface area (Å²) in [6, 6.07) is 4.14. The monoisotopic (exact) mass is 337 g/mol. The fraction of sp³-hybridized carbons (Fsp3) is 0.467. The summed E-state index contributed by atoms with van der Waals surface area (Å²) in [6.07, 6.45) is 0.884. The molecule has 0 amide bonds. The van der Waals surface area contributed by atoms with Crippen molar-refractivity contribution in [3.8, 4) is 11.4 Å². The van der Waals surface area contributed by atoms with Gasteiger partial charge in [0.2, 0.25) is 11.7 Å². The highest BCUT2D eigenvalue weighted by Gasteiger charge is 2.20. The smallest absolute Gasteiger partial charge is 0.231 e. The molecule has 0 bridgehead atoms. The molecular weight excluding hydrogens is 318 g/mol. The molecule has 1 aromatic carbocycles. The molecule has 4 nitrogen and oxygen atoms in total. The number of aryl methyl sites for hydroxylation is 2. The Labute approximate surface area is 127 Å². The van der Waals surface area contributed by atoms with E-state index < -0.39 is 0 Å². The summed E-state index contributed by atoms with van der Waals surface area (Å²) in [4.78, 5) is 4.49. The predicted molar refractivity (Wildman–Crippen MR) is 83.6 cm³/mol. The molecule has 108 valence electrons. The number of nitrogens with zero attached hydrogens (tertiary/aromatic N) is 2. The third-order valence-electron chi connectivity index (χ3n) is 3.64. The third kappa shape index (κ3) is 2.94. The molecule has 1 heterocycles. The maximum absolute atomic E-state index is 6.03. The number of rotatable bonds is 4. The number of hydrogen-bond acceptors (Lipinski definition) is 4. The maximum atomic E-state index is 6.03. The molecule has 20 heavy (non-hydrogen) atoms. The molecule has 2 N–H and O–H groups in total. The summed E-state index contributed by atoms with van der Waals surface area (Å²) in [6.45, 7) is 8.18. The van der Waals surface area contributed by atoms with Gasteiger partial charge in [0.25, 0.3) is 0 Å². The maximum Gasteiger partial charge on any atom is 0.231 e. The number of hydrogen-bond donors (Lipinski definition) is 1. The second kappa shape index (κ2) is 6.06. The lowest BCUT2D eigenvalue weighted by Crippen LogP contribution is -2.25. The normalized spacial score (nSPS) is 14.3. The van der Waals surface area contributed by atoms with Crippen molar-refractivity contribution in [2.24, 2.45) is 5.73 Å². The van der Waals surface area contributed by atoms with Gasteiger partial charge < -0.3 is 10.3 Å². The van der Waals surface area contributed by atoms with E-state index in [9.17, 15) is 0 Å². The molecule has 2 rings (SSSR count). The van der Waals surface area contributed by atoms with Crippen LogP contribution in [0.25, 0.3) is 11.4 Å². The van der Waals surface area contributed by atoms with Gasteiger partial charge in [0.15, 0.2) is 0 Å². The second-order valence-corrected chi connectivity index (χ2v) is 6.03. The Morgan fingerprint density at radius 2 is 1.90 bits per heavy atom. The highest BCUT2D eigenvalue weighted by molar-refractivity contribution is 9.10. The summed E-state index contributed by atoms with van der Waals surface area (Å²) in [5.41, 5.74) is 9.31. The van der Waals surface area contributed by atoms with Crippen LogP contribution in [0.3, 0.4) is 0 Å². The summed E-state index contributed by atoms with van der Waals surface area (Å²) in [7, 11) is 0. The summed E-state index contributed by atoms with van der Waals surface area (Å²) < 4.78 is 6.48. The molecule has 5 heteroatoms. The summed E-state index contributed by atoms with van der Waals surface area (Å²) >= 11 is 3.56. The largest absolute Gasteiger partial charge is 0.339 e. The van der Waals surface area contributed by atoms with Gasteiger partial charge in [0, 0.05) is 16.1 Å². The molecule has 1 aromatic heterocycles. The Hall–Kier alpha value is -1.20. The lowest BCUT2D eigenvalue weighted by Gasteiger charge is -2.13. The Morgan fingerprint density at radius 3 is 2.45 bits per heavy atom. The zero-order valence-corrected chi connectivity index (χ0v) is 13.9. The van der Waals surface area contributed by atoms with Gasteiger partial charge in [-0.15, -0.1) is 0 Å². The van der Waals surface area contributed by atoms with Gasteiger partial charge in [-0.3, -0.25) is 0 Å². The minimum atomic E-state index is 0.0386. The van der Waals surface area contributed by atoms with Crippen LogP contribution < -0.4 is 5.73 Å². The van der Waals surface area contributed by atoms with Gasteiger partial charge in [0.1, 0.15) is 0 Å². The lowest BCUT2D eigenvalue weighted by atomic mass is 10.0. The zero-order valence-electron chi connectivity index (χ0n) is 12.3. The van der Waals surface area contributed by atoms with Gasteiger partial charge in [-0.2, -0.15) is 4.98 Å². The van der Waals surface area contributed by atoms with Gasteiger partial charge in [-0.25, -0.2) is 0 Å². The molecule has 0 saturated heterocycles. The highest BCUT2D eigenvalue weighted by atomic mass is 79.9. The van der Waals surface area contributed by atoms with Crippen LogP contribution >= 0.6 is 15.9 Å². The van der Waals surface area contributed by atoms with E-state index in [2.05, 4.69) is 59.0 Å². The first-order valence-corrected chi connectivity index (χ1v) is 7.59. The molecule has 2 aromatic rings. The van der Waals surface area contributed by atoms with Crippen LogP contribution in [0.4, 0.5) is 0 Å². The van der Waals surface area contributed by atoms with E-state index in [1.54, 1.807) is 0 Å². The molecule has 0 saturated carbocycles. The lowest BCUT2D eigenvalue weighted by molar-refractivity contribution is 0.340. The number of benzene rings is 1. The molecule has 0 aliphatic rings. The topological polar surface area (TPSA) is 64.9 Å². The fourth-order valence-electron chi connectivity index (χ4n) is 2.15. The predicted octanol–water partition coefficient (Wildman–Crippen LogP) is 3.96. The van der Waals surface area contributed by atoms with Crippen LogP contribution in [0, 0.1) is 13.8 Å². The first-order valence-electron chi connectivity index (χ1n) is 6.80. The molecule has 0 spiro atoms. The van der Waals surface area contributed by atoms with E-state index in [1.165, 1.54) is 0 Å². The van der Waals surface area contributed by atoms with Crippen molar-refractivity contribution < 1.29 is 4.52 Å². The van der Waals surface area contributed by atoms with Crippen molar-refractivity contribution >= 4 is 15.9 Å². The Balaban J connectivity index is 2.34. The Kier molecular flexibility index (Phi) is 4.60. The van der Waals surface area contributed by atoms with Crippen molar-refractivity contribution in [3.63, 3.8) is 0 Å². The van der Waals surface area contributed by atoms with Crippen LogP contribution in [0.2, 0.25) is 0 Å². The minimum Gasteiger partial charge on any atom is -0.339 e. The van der Waals surface area contributed by atoms with Gasteiger partial charge in [0.05, 0.1) is 5.92 Å². The molecule has 0 aliphatic carbocycles. The average Bonchev–Trinajstić information content (AvgIpc) is 2.92. The SMILES string of the molecule is CCC(N)C(C)c1nc(-c2cc(C)c(Br)c(C)c2)no1. The standard InChI is InChI=1S/C15H20BrN3O/c1-5-12(17)10(4)15-18-14(19-20-15)11-6-8(2)13(16)9(3)7-11/h6-7,10,12H,5,17H2,1-4H3. The average molecular weight is 338 g/mol. The van der Waals surface area contributed by atoms with E-state index in [0.717, 1.165) is 27.6 Å². The van der Waals surface area contributed by atoms with E-state index in [-0.39, 0.29) is 12.0 Å². The summed E-state index contributed by atoms with van der Waals surface area (Å²) in [5, 5.41) is 4.08. The molecule has 0 fully saturated rings. The Bertz CT molecular complexity index is 586. The molecular formula is C15H20BrN3O. The molecule has 2 atom stereocenters. The summed E-state index contributed by atoms with van der Waals surface area (Å²) in [5.74, 6) is 1.29. The van der Waals surface area contributed by atoms with E-state index >= 15 is 0 Å².